The average molecular weight is 448 g/mol. The molecule has 3 rings (SSSR count). The Morgan fingerprint density at radius 2 is 1.80 bits per heavy atom. The van der Waals surface area contributed by atoms with Crippen LogP contribution in [0.15, 0.2) is 47.4 Å². The number of hydrogen-bond donors (Lipinski definition) is 2. The molecule has 1 aliphatic heterocycles. The van der Waals surface area contributed by atoms with E-state index >= 15 is 0 Å². The summed E-state index contributed by atoms with van der Waals surface area (Å²) in [5.74, 6) is 0.832. The van der Waals surface area contributed by atoms with Gasteiger partial charge in [0.1, 0.15) is 5.75 Å². The molecular formula is C22H29N3O3S2. The van der Waals surface area contributed by atoms with Crippen LogP contribution in [0, 0.1) is 6.92 Å². The molecule has 1 heterocycles. The fourth-order valence-corrected chi connectivity index (χ4v) is 5.48. The molecular weight excluding hydrogens is 418 g/mol. The molecule has 0 spiro atoms. The average Bonchev–Trinajstić information content (AvgIpc) is 2.76. The third kappa shape index (κ3) is 5.71. The van der Waals surface area contributed by atoms with Gasteiger partial charge in [-0.2, -0.15) is 4.31 Å². The van der Waals surface area contributed by atoms with Crippen molar-refractivity contribution in [1.82, 2.24) is 9.62 Å². The van der Waals surface area contributed by atoms with Gasteiger partial charge in [0.15, 0.2) is 5.11 Å². The van der Waals surface area contributed by atoms with Gasteiger partial charge in [0.25, 0.3) is 0 Å². The zero-order chi connectivity index (χ0) is 21.6. The summed E-state index contributed by atoms with van der Waals surface area (Å²) in [6, 6.07) is 13.3. The van der Waals surface area contributed by atoms with E-state index in [0.717, 1.165) is 37.0 Å². The Balaban J connectivity index is 1.59. The molecule has 2 N–H and O–H groups in total. The van der Waals surface area contributed by atoms with Crippen LogP contribution in [0.2, 0.25) is 0 Å². The van der Waals surface area contributed by atoms with Crippen molar-refractivity contribution in [3.63, 3.8) is 0 Å². The highest BCUT2D eigenvalue weighted by molar-refractivity contribution is 7.89. The number of thiocarbonyl (C=S) groups is 1. The molecule has 8 heteroatoms. The van der Waals surface area contributed by atoms with Crippen molar-refractivity contribution in [2.45, 2.75) is 37.5 Å². The molecule has 30 heavy (non-hydrogen) atoms. The second kappa shape index (κ2) is 10.2. The van der Waals surface area contributed by atoms with Crippen LogP contribution in [0.3, 0.4) is 0 Å². The lowest BCUT2D eigenvalue weighted by Crippen LogP contribution is -2.36. The van der Waals surface area contributed by atoms with Crippen LogP contribution in [-0.4, -0.2) is 44.6 Å². The predicted molar refractivity (Wildman–Crippen MR) is 125 cm³/mol. The summed E-state index contributed by atoms with van der Waals surface area (Å²) >= 11 is 5.38. The minimum absolute atomic E-state index is 0.343. The van der Waals surface area contributed by atoms with Gasteiger partial charge in [0.05, 0.1) is 12.0 Å². The fourth-order valence-electron chi connectivity index (χ4n) is 3.49. The van der Waals surface area contributed by atoms with E-state index in [9.17, 15) is 8.42 Å². The first kappa shape index (κ1) is 22.5. The third-order valence-electron chi connectivity index (χ3n) is 5.24. The number of hydrogen-bond acceptors (Lipinski definition) is 4. The Bertz CT molecular complexity index is 970. The first-order valence-electron chi connectivity index (χ1n) is 10.2. The van der Waals surface area contributed by atoms with E-state index in [-0.39, 0.29) is 0 Å². The molecule has 1 fully saturated rings. The van der Waals surface area contributed by atoms with Gasteiger partial charge in [-0.3, -0.25) is 0 Å². The standard InChI is InChI=1S/C22H29N3O3S2/c1-17-6-9-19(16-21(17)30(26,27)25-14-4-3-5-15-25)24-22(29)23-13-12-18-7-10-20(28-2)11-8-18/h6-11,16H,3-5,12-15H2,1-2H3,(H2,23,24,29). The van der Waals surface area contributed by atoms with Gasteiger partial charge in [0, 0.05) is 25.3 Å². The Morgan fingerprint density at radius 1 is 1.10 bits per heavy atom. The molecule has 0 amide bonds. The summed E-state index contributed by atoms with van der Waals surface area (Å²) in [4.78, 5) is 0.343. The normalized spacial score (nSPS) is 14.9. The van der Waals surface area contributed by atoms with E-state index < -0.39 is 10.0 Å². The molecule has 0 radical (unpaired) electrons. The maximum atomic E-state index is 13.1. The highest BCUT2D eigenvalue weighted by Gasteiger charge is 2.27. The molecule has 2 aromatic rings. The first-order valence-corrected chi connectivity index (χ1v) is 12.0. The molecule has 2 aromatic carbocycles. The topological polar surface area (TPSA) is 70.7 Å². The molecule has 1 aliphatic rings. The smallest absolute Gasteiger partial charge is 0.243 e. The van der Waals surface area contributed by atoms with Crippen LogP contribution in [0.1, 0.15) is 30.4 Å². The SMILES string of the molecule is COc1ccc(CCNC(=S)Nc2ccc(C)c(S(=O)(=O)N3CCCCC3)c2)cc1. The minimum Gasteiger partial charge on any atom is -0.497 e. The summed E-state index contributed by atoms with van der Waals surface area (Å²) in [6.45, 7) is 3.67. The van der Waals surface area contributed by atoms with Crippen molar-refractivity contribution in [2.24, 2.45) is 0 Å². The predicted octanol–water partition coefficient (Wildman–Crippen LogP) is 3.71. The van der Waals surface area contributed by atoms with Gasteiger partial charge >= 0.3 is 0 Å². The number of aryl methyl sites for hydroxylation is 1. The van der Waals surface area contributed by atoms with E-state index in [4.69, 9.17) is 17.0 Å². The van der Waals surface area contributed by atoms with Gasteiger partial charge < -0.3 is 15.4 Å². The zero-order valence-electron chi connectivity index (χ0n) is 17.5. The molecule has 6 nitrogen and oxygen atoms in total. The lowest BCUT2D eigenvalue weighted by molar-refractivity contribution is 0.346. The number of nitrogens with zero attached hydrogens (tertiary/aromatic N) is 1. The van der Waals surface area contributed by atoms with E-state index in [1.54, 1.807) is 17.5 Å². The number of anilines is 1. The van der Waals surface area contributed by atoms with E-state index in [1.807, 2.05) is 43.3 Å². The molecule has 0 unspecified atom stereocenters. The molecule has 1 saturated heterocycles. The maximum Gasteiger partial charge on any atom is 0.243 e. The number of methoxy groups -OCH3 is 1. The first-order chi connectivity index (χ1) is 14.4. The quantitative estimate of drug-likeness (QED) is 0.631. The van der Waals surface area contributed by atoms with Crippen LogP contribution >= 0.6 is 12.2 Å². The Morgan fingerprint density at radius 3 is 2.47 bits per heavy atom. The van der Waals surface area contributed by atoms with Gasteiger partial charge in [0.2, 0.25) is 10.0 Å². The highest BCUT2D eigenvalue weighted by Crippen LogP contribution is 2.26. The van der Waals surface area contributed by atoms with Crippen LogP contribution < -0.4 is 15.4 Å². The molecule has 0 saturated carbocycles. The maximum absolute atomic E-state index is 13.1. The summed E-state index contributed by atoms with van der Waals surface area (Å²) in [5.41, 5.74) is 2.58. The lowest BCUT2D eigenvalue weighted by atomic mass is 10.1. The third-order valence-corrected chi connectivity index (χ3v) is 7.52. The van der Waals surface area contributed by atoms with Crippen LogP contribution in [-0.2, 0) is 16.4 Å². The van der Waals surface area contributed by atoms with Gasteiger partial charge in [-0.05, 0) is 73.8 Å². The van der Waals surface area contributed by atoms with E-state index in [2.05, 4.69) is 10.6 Å². The second-order valence-corrected chi connectivity index (χ2v) is 9.74. The van der Waals surface area contributed by atoms with Crippen molar-refractivity contribution in [3.8, 4) is 5.75 Å². The Labute approximate surface area is 184 Å². The van der Waals surface area contributed by atoms with Crippen LogP contribution in [0.25, 0.3) is 0 Å². The van der Waals surface area contributed by atoms with Crippen molar-refractivity contribution in [2.75, 3.05) is 32.1 Å². The van der Waals surface area contributed by atoms with Crippen molar-refractivity contribution >= 4 is 33.0 Å². The van der Waals surface area contributed by atoms with Gasteiger partial charge in [-0.15, -0.1) is 0 Å². The number of ether oxygens (including phenoxy) is 1. The molecule has 0 aliphatic carbocycles. The zero-order valence-corrected chi connectivity index (χ0v) is 19.1. The molecule has 0 atom stereocenters. The summed E-state index contributed by atoms with van der Waals surface area (Å²) in [7, 11) is -1.84. The highest BCUT2D eigenvalue weighted by atomic mass is 32.2. The monoisotopic (exact) mass is 447 g/mol. The largest absolute Gasteiger partial charge is 0.497 e. The van der Waals surface area contributed by atoms with Crippen molar-refractivity contribution in [1.29, 1.82) is 0 Å². The number of benzene rings is 2. The molecule has 162 valence electrons. The molecule has 0 aromatic heterocycles. The van der Waals surface area contributed by atoms with E-state index in [0.29, 0.717) is 35.3 Å². The Kier molecular flexibility index (Phi) is 7.69. The van der Waals surface area contributed by atoms with Crippen LogP contribution in [0.4, 0.5) is 5.69 Å². The number of nitrogens with one attached hydrogen (secondary N) is 2. The second-order valence-electron chi connectivity index (χ2n) is 7.42. The van der Waals surface area contributed by atoms with Crippen molar-refractivity contribution in [3.05, 3.63) is 53.6 Å². The number of rotatable bonds is 7. The number of piperidine rings is 1. The minimum atomic E-state index is -3.49. The summed E-state index contributed by atoms with van der Waals surface area (Å²) in [6.07, 6.45) is 3.73. The number of sulfonamides is 1. The van der Waals surface area contributed by atoms with E-state index in [1.165, 1.54) is 5.56 Å². The fraction of sp³-hybridized carbons (Fsp3) is 0.409. The Hall–Kier alpha value is -2.16. The van der Waals surface area contributed by atoms with Gasteiger partial charge in [-0.1, -0.05) is 24.6 Å². The summed E-state index contributed by atoms with van der Waals surface area (Å²) < 4.78 is 32.9. The molecule has 0 bridgehead atoms. The van der Waals surface area contributed by atoms with Crippen molar-refractivity contribution < 1.29 is 13.2 Å². The lowest BCUT2D eigenvalue weighted by Gasteiger charge is -2.26. The summed E-state index contributed by atoms with van der Waals surface area (Å²) in [5, 5.41) is 6.75. The van der Waals surface area contributed by atoms with Gasteiger partial charge in [-0.25, -0.2) is 8.42 Å². The van der Waals surface area contributed by atoms with Crippen LogP contribution in [0.5, 0.6) is 5.75 Å².